The van der Waals surface area contributed by atoms with Gasteiger partial charge in [-0.3, -0.25) is 0 Å². The lowest BCUT2D eigenvalue weighted by molar-refractivity contribution is 0.393. The largest absolute Gasteiger partial charge is 0.497 e. The molecule has 0 saturated carbocycles. The minimum absolute atomic E-state index is 0.00972. The molecule has 1 aromatic carbocycles. The summed E-state index contributed by atoms with van der Waals surface area (Å²) in [5.41, 5.74) is 0.505. The molecule has 0 spiro atoms. The Morgan fingerprint density at radius 3 is 2.57 bits per heavy atom. The average Bonchev–Trinajstić information content (AvgIpc) is 2.27. The molecular formula is C10H9ClO3. The van der Waals surface area contributed by atoms with E-state index in [2.05, 4.69) is 0 Å². The van der Waals surface area contributed by atoms with Crippen LogP contribution in [0.5, 0.6) is 11.5 Å². The number of hydrogen-bond donors (Lipinski definition) is 0. The molecule has 74 valence electrons. The molecule has 3 nitrogen and oxygen atoms in total. The normalized spacial score (nSPS) is 9.07. The van der Waals surface area contributed by atoms with Crippen molar-refractivity contribution in [1.82, 2.24) is 0 Å². The van der Waals surface area contributed by atoms with E-state index in [4.69, 9.17) is 21.1 Å². The van der Waals surface area contributed by atoms with Crippen LogP contribution in [0.2, 0.25) is 0 Å². The van der Waals surface area contributed by atoms with E-state index in [9.17, 15) is 4.79 Å². The molecule has 0 aliphatic rings. The fourth-order valence-corrected chi connectivity index (χ4v) is 1.19. The van der Waals surface area contributed by atoms with E-state index in [0.717, 1.165) is 0 Å². The molecule has 0 aliphatic heterocycles. The molecule has 0 aromatic heterocycles. The minimum Gasteiger partial charge on any atom is -0.497 e. The maximum Gasteiger partial charge on any atom is 0.145 e. The summed E-state index contributed by atoms with van der Waals surface area (Å²) in [5.74, 6) is 2.73. The minimum atomic E-state index is -0.00972. The van der Waals surface area contributed by atoms with Gasteiger partial charge in [0.05, 0.1) is 14.2 Å². The van der Waals surface area contributed by atoms with Gasteiger partial charge in [-0.1, -0.05) is 11.6 Å². The standard InChI is InChI=1S/C10H9ClO3/c1-13-7-3-4-8(9(11)6-12)10(5-7)14-2/h3-5H,1-2H3. The van der Waals surface area contributed by atoms with Crippen LogP contribution < -0.4 is 9.47 Å². The van der Waals surface area contributed by atoms with Crippen LogP contribution in [0.3, 0.4) is 0 Å². The van der Waals surface area contributed by atoms with Gasteiger partial charge < -0.3 is 9.47 Å². The first-order chi connectivity index (χ1) is 6.72. The van der Waals surface area contributed by atoms with Crippen LogP contribution in [0.4, 0.5) is 0 Å². The molecule has 1 aromatic rings. The summed E-state index contributed by atoms with van der Waals surface area (Å²) in [6.45, 7) is 0. The molecule has 0 N–H and O–H groups in total. The number of benzene rings is 1. The van der Waals surface area contributed by atoms with Crippen molar-refractivity contribution < 1.29 is 14.3 Å². The number of hydrogen-bond acceptors (Lipinski definition) is 3. The van der Waals surface area contributed by atoms with Gasteiger partial charge in [-0.15, -0.1) is 0 Å². The highest BCUT2D eigenvalue weighted by Crippen LogP contribution is 2.30. The number of halogens is 1. The van der Waals surface area contributed by atoms with E-state index in [0.29, 0.717) is 17.1 Å². The highest BCUT2D eigenvalue weighted by molar-refractivity contribution is 6.53. The third-order valence-electron chi connectivity index (χ3n) is 1.73. The molecule has 0 aliphatic carbocycles. The Balaban J connectivity index is 3.25. The Hall–Kier alpha value is -1.44. The van der Waals surface area contributed by atoms with Gasteiger partial charge in [0.15, 0.2) is 0 Å². The van der Waals surface area contributed by atoms with Crippen LogP contribution in [0.25, 0.3) is 5.03 Å². The van der Waals surface area contributed by atoms with Gasteiger partial charge in [0.1, 0.15) is 22.5 Å². The average molecular weight is 213 g/mol. The zero-order chi connectivity index (χ0) is 10.6. The van der Waals surface area contributed by atoms with Gasteiger partial charge in [0.25, 0.3) is 0 Å². The second kappa shape index (κ2) is 4.70. The third-order valence-corrected chi connectivity index (χ3v) is 2.02. The lowest BCUT2D eigenvalue weighted by Gasteiger charge is -2.07. The van der Waals surface area contributed by atoms with E-state index in [1.54, 1.807) is 31.3 Å². The van der Waals surface area contributed by atoms with Gasteiger partial charge >= 0.3 is 0 Å². The monoisotopic (exact) mass is 212 g/mol. The first-order valence-electron chi connectivity index (χ1n) is 3.86. The summed E-state index contributed by atoms with van der Waals surface area (Å²) < 4.78 is 10.0. The van der Waals surface area contributed by atoms with Crippen molar-refractivity contribution >= 4 is 22.6 Å². The third kappa shape index (κ3) is 2.08. The van der Waals surface area contributed by atoms with Gasteiger partial charge in [-0.25, -0.2) is 4.79 Å². The molecule has 0 radical (unpaired) electrons. The van der Waals surface area contributed by atoms with Crippen molar-refractivity contribution in [2.75, 3.05) is 14.2 Å². The molecule has 0 saturated heterocycles. The number of methoxy groups -OCH3 is 2. The van der Waals surface area contributed by atoms with Gasteiger partial charge in [0, 0.05) is 11.6 Å². The highest BCUT2D eigenvalue weighted by atomic mass is 35.5. The van der Waals surface area contributed by atoms with E-state index < -0.39 is 0 Å². The number of rotatable bonds is 3. The van der Waals surface area contributed by atoms with Crippen LogP contribution >= 0.6 is 11.6 Å². The summed E-state index contributed by atoms with van der Waals surface area (Å²) >= 11 is 5.64. The van der Waals surface area contributed by atoms with Crippen molar-refractivity contribution in [2.24, 2.45) is 0 Å². The van der Waals surface area contributed by atoms with Gasteiger partial charge in [-0.05, 0) is 12.1 Å². The molecule has 0 unspecified atom stereocenters. The Morgan fingerprint density at radius 1 is 1.36 bits per heavy atom. The summed E-state index contributed by atoms with van der Waals surface area (Å²) in [6.07, 6.45) is 0. The quantitative estimate of drug-likeness (QED) is 0.720. The lowest BCUT2D eigenvalue weighted by atomic mass is 10.2. The second-order valence-corrected chi connectivity index (χ2v) is 2.86. The number of carbonyl (C=O) groups excluding carboxylic acids is 1. The van der Waals surface area contributed by atoms with Gasteiger partial charge in [-0.2, -0.15) is 0 Å². The SMILES string of the molecule is COc1ccc(C(Cl)=C=O)c(OC)c1. The fourth-order valence-electron chi connectivity index (χ4n) is 1.03. The summed E-state index contributed by atoms with van der Waals surface area (Å²) in [4.78, 5) is 10.3. The zero-order valence-electron chi connectivity index (χ0n) is 7.83. The smallest absolute Gasteiger partial charge is 0.145 e. The summed E-state index contributed by atoms with van der Waals surface area (Å²) in [6, 6.07) is 4.98. The van der Waals surface area contributed by atoms with Crippen LogP contribution in [-0.4, -0.2) is 20.2 Å². The van der Waals surface area contributed by atoms with Crippen LogP contribution in [-0.2, 0) is 4.79 Å². The second-order valence-electron chi connectivity index (χ2n) is 2.48. The Bertz CT molecular complexity index is 381. The first-order valence-corrected chi connectivity index (χ1v) is 4.23. The van der Waals surface area contributed by atoms with Gasteiger partial charge in [0.2, 0.25) is 0 Å². The molecule has 4 heteroatoms. The van der Waals surface area contributed by atoms with Crippen molar-refractivity contribution in [3.05, 3.63) is 23.8 Å². The molecular weight excluding hydrogens is 204 g/mol. The maximum atomic E-state index is 10.3. The maximum absolute atomic E-state index is 10.3. The highest BCUT2D eigenvalue weighted by Gasteiger charge is 2.08. The lowest BCUT2D eigenvalue weighted by Crippen LogP contribution is -1.91. The van der Waals surface area contributed by atoms with E-state index in [1.807, 2.05) is 0 Å². The Kier molecular flexibility index (Phi) is 3.57. The zero-order valence-corrected chi connectivity index (χ0v) is 8.59. The van der Waals surface area contributed by atoms with E-state index in [-0.39, 0.29) is 5.03 Å². The topological polar surface area (TPSA) is 35.5 Å². The Morgan fingerprint density at radius 2 is 2.07 bits per heavy atom. The molecule has 0 heterocycles. The number of ether oxygens (including phenoxy) is 2. The van der Waals surface area contributed by atoms with Crippen molar-refractivity contribution in [3.63, 3.8) is 0 Å². The van der Waals surface area contributed by atoms with Crippen molar-refractivity contribution in [1.29, 1.82) is 0 Å². The van der Waals surface area contributed by atoms with E-state index in [1.165, 1.54) is 7.11 Å². The molecule has 1 rings (SSSR count). The summed E-state index contributed by atoms with van der Waals surface area (Å²) in [7, 11) is 3.04. The molecule has 0 amide bonds. The first kappa shape index (κ1) is 10.6. The van der Waals surface area contributed by atoms with Crippen molar-refractivity contribution in [3.8, 4) is 11.5 Å². The molecule has 14 heavy (non-hydrogen) atoms. The van der Waals surface area contributed by atoms with Crippen molar-refractivity contribution in [2.45, 2.75) is 0 Å². The molecule has 0 fully saturated rings. The predicted octanol–water partition coefficient (Wildman–Crippen LogP) is 2.12. The van der Waals surface area contributed by atoms with Crippen LogP contribution in [0.1, 0.15) is 5.56 Å². The van der Waals surface area contributed by atoms with Crippen LogP contribution in [0.15, 0.2) is 18.2 Å². The Labute approximate surface area is 86.9 Å². The fraction of sp³-hybridized carbons (Fsp3) is 0.200. The summed E-state index contributed by atoms with van der Waals surface area (Å²) in [5, 5.41) is -0.00972. The molecule has 0 atom stereocenters. The predicted molar refractivity (Wildman–Crippen MR) is 54.5 cm³/mol. The van der Waals surface area contributed by atoms with Crippen LogP contribution in [0, 0.1) is 0 Å². The van der Waals surface area contributed by atoms with E-state index >= 15 is 0 Å². The molecule has 0 bridgehead atoms.